The van der Waals surface area contributed by atoms with Crippen molar-refractivity contribution in [2.24, 2.45) is 0 Å². The van der Waals surface area contributed by atoms with E-state index in [0.717, 1.165) is 65.1 Å². The highest BCUT2D eigenvalue weighted by atomic mass is 79.9. The molecule has 3 aromatic rings. The Morgan fingerprint density at radius 1 is 0.963 bits per heavy atom. The number of hydrogen-bond acceptors (Lipinski definition) is 2. The van der Waals surface area contributed by atoms with E-state index in [2.05, 4.69) is 21.2 Å². The van der Waals surface area contributed by atoms with Gasteiger partial charge in [0.15, 0.2) is 0 Å². The molecule has 1 aliphatic rings. The van der Waals surface area contributed by atoms with Crippen molar-refractivity contribution in [1.82, 2.24) is 9.78 Å². The van der Waals surface area contributed by atoms with E-state index in [4.69, 9.17) is 5.10 Å². The molecule has 0 atom stereocenters. The van der Waals surface area contributed by atoms with Crippen LogP contribution < -0.4 is 5.32 Å². The zero-order valence-corrected chi connectivity index (χ0v) is 15.9. The van der Waals surface area contributed by atoms with Gasteiger partial charge in [-0.15, -0.1) is 0 Å². The van der Waals surface area contributed by atoms with Crippen LogP contribution >= 0.6 is 15.9 Å². The van der Waals surface area contributed by atoms with Gasteiger partial charge in [-0.2, -0.15) is 18.3 Å². The Kier molecular flexibility index (Phi) is 4.72. The maximum absolute atomic E-state index is 12.9. The molecule has 7 heteroatoms. The highest BCUT2D eigenvalue weighted by Gasteiger charge is 2.30. The van der Waals surface area contributed by atoms with E-state index in [1.54, 1.807) is 4.68 Å². The number of aromatic nitrogens is 2. The van der Waals surface area contributed by atoms with Gasteiger partial charge in [0, 0.05) is 22.1 Å². The van der Waals surface area contributed by atoms with Gasteiger partial charge in [-0.05, 0) is 55.7 Å². The van der Waals surface area contributed by atoms with E-state index in [1.807, 2.05) is 24.3 Å². The van der Waals surface area contributed by atoms with Crippen LogP contribution in [0.4, 0.5) is 19.0 Å². The van der Waals surface area contributed by atoms with E-state index in [9.17, 15) is 13.2 Å². The van der Waals surface area contributed by atoms with Crippen molar-refractivity contribution in [2.45, 2.75) is 25.4 Å². The molecular weight excluding hydrogens is 419 g/mol. The summed E-state index contributed by atoms with van der Waals surface area (Å²) < 4.78 is 41.3. The molecule has 1 aliphatic heterocycles. The summed E-state index contributed by atoms with van der Waals surface area (Å²) in [4.78, 5) is 0. The molecule has 1 N–H and O–H groups in total. The number of rotatable bonds is 2. The number of benzene rings is 2. The third-order valence-corrected chi connectivity index (χ3v) is 5.22. The molecule has 140 valence electrons. The van der Waals surface area contributed by atoms with E-state index in [-0.39, 0.29) is 0 Å². The Balaban J connectivity index is 1.82. The lowest BCUT2D eigenvalue weighted by Gasteiger charge is -2.11. The molecule has 0 saturated carbocycles. The fraction of sp³-hybridized carbons (Fsp3) is 0.250. The first-order chi connectivity index (χ1) is 12.9. The summed E-state index contributed by atoms with van der Waals surface area (Å²) >= 11 is 3.44. The second-order valence-electron chi connectivity index (χ2n) is 6.52. The van der Waals surface area contributed by atoms with Gasteiger partial charge in [0.05, 0.1) is 16.9 Å². The summed E-state index contributed by atoms with van der Waals surface area (Å²) in [6.07, 6.45) is -1.38. The fourth-order valence-corrected chi connectivity index (χ4v) is 3.58. The lowest BCUT2D eigenvalue weighted by molar-refractivity contribution is -0.137. The second kappa shape index (κ2) is 7.03. The molecule has 0 saturated heterocycles. The minimum atomic E-state index is -4.35. The van der Waals surface area contributed by atoms with Crippen LogP contribution in [0.3, 0.4) is 0 Å². The molecule has 0 aliphatic carbocycles. The average Bonchev–Trinajstić information content (AvgIpc) is 2.83. The van der Waals surface area contributed by atoms with Crippen LogP contribution in [0.1, 0.15) is 24.0 Å². The normalized spacial score (nSPS) is 14.4. The third-order valence-electron chi connectivity index (χ3n) is 4.69. The lowest BCUT2D eigenvalue weighted by Crippen LogP contribution is -2.08. The van der Waals surface area contributed by atoms with Crippen LogP contribution in [0.5, 0.6) is 0 Å². The van der Waals surface area contributed by atoms with Crippen LogP contribution in [0.15, 0.2) is 53.0 Å². The summed E-state index contributed by atoms with van der Waals surface area (Å²) in [5, 5.41) is 8.16. The number of halogens is 4. The fourth-order valence-electron chi connectivity index (χ4n) is 3.32. The number of alkyl halides is 3. The van der Waals surface area contributed by atoms with Gasteiger partial charge >= 0.3 is 6.18 Å². The molecule has 27 heavy (non-hydrogen) atoms. The SMILES string of the molecule is FC(F)(F)c1ccc(-n2nc(-c3ccc(Br)cc3)c3c2NCCCC3)cc1. The van der Waals surface area contributed by atoms with Crippen molar-refractivity contribution in [3.05, 3.63) is 64.1 Å². The Labute approximate surface area is 163 Å². The average molecular weight is 436 g/mol. The number of nitrogens with one attached hydrogen (secondary N) is 1. The van der Waals surface area contributed by atoms with Crippen molar-refractivity contribution in [3.63, 3.8) is 0 Å². The zero-order chi connectivity index (χ0) is 19.0. The standard InChI is InChI=1S/C20H17BrF3N3/c21-15-8-4-13(5-9-15)18-17-3-1-2-12-25-19(17)27(26-18)16-10-6-14(7-11-16)20(22,23)24/h4-11,25H,1-3,12H2. The van der Waals surface area contributed by atoms with Crippen LogP contribution in [0.25, 0.3) is 16.9 Å². The van der Waals surface area contributed by atoms with Crippen LogP contribution in [-0.2, 0) is 12.6 Å². The molecule has 2 aromatic carbocycles. The summed E-state index contributed by atoms with van der Waals surface area (Å²) in [7, 11) is 0. The van der Waals surface area contributed by atoms with Crippen LogP contribution in [0, 0.1) is 0 Å². The first-order valence-electron chi connectivity index (χ1n) is 8.73. The van der Waals surface area contributed by atoms with Crippen molar-refractivity contribution in [2.75, 3.05) is 11.9 Å². The minimum Gasteiger partial charge on any atom is -0.370 e. The van der Waals surface area contributed by atoms with Crippen LogP contribution in [0.2, 0.25) is 0 Å². The molecule has 0 amide bonds. The predicted molar refractivity (Wildman–Crippen MR) is 103 cm³/mol. The van der Waals surface area contributed by atoms with E-state index in [0.29, 0.717) is 5.69 Å². The Hall–Kier alpha value is -2.28. The smallest absolute Gasteiger partial charge is 0.370 e. The molecule has 0 spiro atoms. The van der Waals surface area contributed by atoms with Gasteiger partial charge in [0.2, 0.25) is 0 Å². The van der Waals surface area contributed by atoms with Gasteiger partial charge in [-0.1, -0.05) is 28.1 Å². The Morgan fingerprint density at radius 2 is 1.67 bits per heavy atom. The first-order valence-corrected chi connectivity index (χ1v) is 9.52. The summed E-state index contributed by atoms with van der Waals surface area (Å²) in [5.41, 5.74) is 2.91. The molecule has 1 aromatic heterocycles. The molecular formula is C20H17BrF3N3. The number of hydrogen-bond donors (Lipinski definition) is 1. The van der Waals surface area contributed by atoms with Gasteiger partial charge in [-0.3, -0.25) is 0 Å². The highest BCUT2D eigenvalue weighted by Crippen LogP contribution is 2.35. The summed E-state index contributed by atoms with van der Waals surface area (Å²) in [5.74, 6) is 0.866. The molecule has 3 nitrogen and oxygen atoms in total. The largest absolute Gasteiger partial charge is 0.416 e. The maximum atomic E-state index is 12.9. The van der Waals surface area contributed by atoms with E-state index < -0.39 is 11.7 Å². The number of nitrogens with zero attached hydrogens (tertiary/aromatic N) is 2. The predicted octanol–water partition coefficient (Wildman–Crippen LogP) is 6.07. The summed E-state index contributed by atoms with van der Waals surface area (Å²) in [6.45, 7) is 0.819. The van der Waals surface area contributed by atoms with E-state index >= 15 is 0 Å². The van der Waals surface area contributed by atoms with E-state index in [1.165, 1.54) is 12.1 Å². The molecule has 2 heterocycles. The first kappa shape index (κ1) is 18.1. The molecule has 0 radical (unpaired) electrons. The topological polar surface area (TPSA) is 29.9 Å². The summed E-state index contributed by atoms with van der Waals surface area (Å²) in [6, 6.07) is 13.0. The quantitative estimate of drug-likeness (QED) is 0.529. The van der Waals surface area contributed by atoms with Crippen LogP contribution in [-0.4, -0.2) is 16.3 Å². The Morgan fingerprint density at radius 3 is 2.33 bits per heavy atom. The monoisotopic (exact) mass is 435 g/mol. The second-order valence-corrected chi connectivity index (χ2v) is 7.44. The zero-order valence-electron chi connectivity index (χ0n) is 14.4. The molecule has 0 fully saturated rings. The molecule has 0 unspecified atom stereocenters. The van der Waals surface area contributed by atoms with Crippen molar-refractivity contribution in [3.8, 4) is 16.9 Å². The molecule has 4 rings (SSSR count). The van der Waals surface area contributed by atoms with Gasteiger partial charge in [0.25, 0.3) is 0 Å². The van der Waals surface area contributed by atoms with Gasteiger partial charge in [0.1, 0.15) is 5.82 Å². The van der Waals surface area contributed by atoms with Gasteiger partial charge < -0.3 is 5.32 Å². The Bertz CT molecular complexity index is 944. The third kappa shape index (κ3) is 3.60. The van der Waals surface area contributed by atoms with Crippen molar-refractivity contribution in [1.29, 1.82) is 0 Å². The lowest BCUT2D eigenvalue weighted by atomic mass is 10.0. The highest BCUT2D eigenvalue weighted by molar-refractivity contribution is 9.10. The minimum absolute atomic E-state index is 0.608. The number of anilines is 1. The van der Waals surface area contributed by atoms with Gasteiger partial charge in [-0.25, -0.2) is 4.68 Å². The van der Waals surface area contributed by atoms with Crippen molar-refractivity contribution < 1.29 is 13.2 Å². The van der Waals surface area contributed by atoms with Crippen molar-refractivity contribution >= 4 is 21.7 Å². The molecule has 0 bridgehead atoms. The number of fused-ring (bicyclic) bond motifs is 1. The maximum Gasteiger partial charge on any atom is 0.416 e.